The van der Waals surface area contributed by atoms with Gasteiger partial charge in [-0.15, -0.1) is 0 Å². The summed E-state index contributed by atoms with van der Waals surface area (Å²) < 4.78 is 5.63. The van der Waals surface area contributed by atoms with Crippen molar-refractivity contribution in [1.82, 2.24) is 4.98 Å². The molecule has 1 aromatic carbocycles. The van der Waals surface area contributed by atoms with Crippen molar-refractivity contribution in [3.05, 3.63) is 76.3 Å². The number of halogens is 1. The Morgan fingerprint density at radius 1 is 1.08 bits per heavy atom. The van der Waals surface area contributed by atoms with Crippen molar-refractivity contribution < 1.29 is 14.0 Å². The predicted molar refractivity (Wildman–Crippen MR) is 97.7 cm³/mol. The quantitative estimate of drug-likeness (QED) is 0.679. The summed E-state index contributed by atoms with van der Waals surface area (Å²) in [6.45, 7) is 0. The average molecular weight is 411 g/mol. The molecule has 2 aromatic heterocycles. The molecule has 3 rings (SSSR count). The smallest absolute Gasteiger partial charge is 0.291 e. The van der Waals surface area contributed by atoms with Gasteiger partial charge in [0, 0.05) is 17.4 Å². The molecule has 0 fully saturated rings. The molecule has 0 radical (unpaired) electrons. The van der Waals surface area contributed by atoms with Crippen LogP contribution in [0.3, 0.4) is 0 Å². The zero-order valence-electron chi connectivity index (χ0n) is 13.2. The fourth-order valence-electron chi connectivity index (χ4n) is 2.12. The lowest BCUT2D eigenvalue weighted by Crippen LogP contribution is -2.15. The van der Waals surface area contributed by atoms with Crippen LogP contribution in [-0.2, 0) is 0 Å². The molecule has 8 heteroatoms. The van der Waals surface area contributed by atoms with E-state index in [2.05, 4.69) is 31.5 Å². The van der Waals surface area contributed by atoms with Crippen LogP contribution in [0.15, 0.2) is 63.8 Å². The minimum Gasteiger partial charge on any atom is -0.444 e. The highest BCUT2D eigenvalue weighted by atomic mass is 79.9. The first-order chi connectivity index (χ1) is 12.5. The standard InChI is InChI=1S/C18H11BrN4O3/c19-15-5-4-14(26-15)18(25)22-13-3-1-2-12(9-13)17(24)23-16-8-11(10-20)6-7-21-16/h1-9H,(H,22,25)(H,21,23,24). The number of anilines is 2. The summed E-state index contributed by atoms with van der Waals surface area (Å²) >= 11 is 3.13. The first-order valence-corrected chi connectivity index (χ1v) is 8.19. The molecule has 0 aliphatic heterocycles. The molecular formula is C18H11BrN4O3. The van der Waals surface area contributed by atoms with Crippen molar-refractivity contribution in [2.24, 2.45) is 0 Å². The normalized spacial score (nSPS) is 10.0. The van der Waals surface area contributed by atoms with Crippen LogP contribution in [0.2, 0.25) is 0 Å². The van der Waals surface area contributed by atoms with Crippen molar-refractivity contribution >= 4 is 39.2 Å². The van der Waals surface area contributed by atoms with Gasteiger partial charge in [-0.05, 0) is 58.4 Å². The topological polar surface area (TPSA) is 108 Å². The van der Waals surface area contributed by atoms with Gasteiger partial charge in [0.25, 0.3) is 11.8 Å². The molecule has 128 valence electrons. The third-order valence-electron chi connectivity index (χ3n) is 3.31. The predicted octanol–water partition coefficient (Wildman–Crippen LogP) is 3.81. The molecule has 2 heterocycles. The van der Waals surface area contributed by atoms with E-state index in [9.17, 15) is 9.59 Å². The van der Waals surface area contributed by atoms with Crippen molar-refractivity contribution in [3.63, 3.8) is 0 Å². The lowest BCUT2D eigenvalue weighted by atomic mass is 10.2. The molecule has 0 unspecified atom stereocenters. The number of rotatable bonds is 4. The molecule has 2 amide bonds. The van der Waals surface area contributed by atoms with Gasteiger partial charge in [0.1, 0.15) is 5.82 Å². The molecule has 26 heavy (non-hydrogen) atoms. The minimum absolute atomic E-state index is 0.143. The first kappa shape index (κ1) is 17.4. The maximum atomic E-state index is 12.4. The van der Waals surface area contributed by atoms with Gasteiger partial charge in [-0.2, -0.15) is 5.26 Å². The maximum absolute atomic E-state index is 12.4. The number of furan rings is 1. The van der Waals surface area contributed by atoms with E-state index >= 15 is 0 Å². The highest BCUT2D eigenvalue weighted by molar-refractivity contribution is 9.10. The van der Waals surface area contributed by atoms with Crippen molar-refractivity contribution in [3.8, 4) is 6.07 Å². The summed E-state index contributed by atoms with van der Waals surface area (Å²) in [5.41, 5.74) is 1.16. The average Bonchev–Trinajstić information content (AvgIpc) is 3.08. The Labute approximate surface area is 156 Å². The number of amides is 2. The van der Waals surface area contributed by atoms with Gasteiger partial charge in [0.05, 0.1) is 11.6 Å². The number of carbonyl (C=O) groups is 2. The zero-order chi connectivity index (χ0) is 18.5. The van der Waals surface area contributed by atoms with Crippen molar-refractivity contribution in [1.29, 1.82) is 5.26 Å². The van der Waals surface area contributed by atoms with Gasteiger partial charge in [-0.25, -0.2) is 4.98 Å². The third-order valence-corrected chi connectivity index (χ3v) is 3.74. The Morgan fingerprint density at radius 2 is 1.92 bits per heavy atom. The number of nitrogens with zero attached hydrogens (tertiary/aromatic N) is 2. The van der Waals surface area contributed by atoms with Gasteiger partial charge in [0.15, 0.2) is 10.4 Å². The molecule has 0 spiro atoms. The van der Waals surface area contributed by atoms with E-state index in [1.807, 2.05) is 6.07 Å². The fraction of sp³-hybridized carbons (Fsp3) is 0. The number of aromatic nitrogens is 1. The van der Waals surface area contributed by atoms with Gasteiger partial charge in [0.2, 0.25) is 0 Å². The van der Waals surface area contributed by atoms with Crippen LogP contribution >= 0.6 is 15.9 Å². The van der Waals surface area contributed by atoms with E-state index in [1.165, 1.54) is 24.4 Å². The summed E-state index contributed by atoms with van der Waals surface area (Å²) in [7, 11) is 0. The van der Waals surface area contributed by atoms with Crippen molar-refractivity contribution in [2.75, 3.05) is 10.6 Å². The van der Waals surface area contributed by atoms with Crippen LogP contribution in [0.5, 0.6) is 0 Å². The maximum Gasteiger partial charge on any atom is 0.291 e. The Hall–Kier alpha value is -3.44. The SMILES string of the molecule is N#Cc1ccnc(NC(=O)c2cccc(NC(=O)c3ccc(Br)o3)c2)c1. The molecule has 0 bridgehead atoms. The van der Waals surface area contributed by atoms with Crippen LogP contribution in [0, 0.1) is 11.3 Å². The van der Waals surface area contributed by atoms with E-state index in [0.717, 1.165) is 0 Å². The van der Waals surface area contributed by atoms with E-state index in [0.29, 0.717) is 21.5 Å². The number of pyridine rings is 1. The van der Waals surface area contributed by atoms with E-state index < -0.39 is 11.8 Å². The molecule has 2 N–H and O–H groups in total. The number of carbonyl (C=O) groups excluding carboxylic acids is 2. The Kier molecular flexibility index (Phi) is 5.10. The molecule has 3 aromatic rings. The minimum atomic E-state index is -0.434. The first-order valence-electron chi connectivity index (χ1n) is 7.39. The van der Waals surface area contributed by atoms with Crippen LogP contribution in [0.1, 0.15) is 26.5 Å². The number of hydrogen-bond acceptors (Lipinski definition) is 5. The summed E-state index contributed by atoms with van der Waals surface area (Å²) in [4.78, 5) is 28.5. The third kappa shape index (κ3) is 4.15. The second kappa shape index (κ2) is 7.63. The van der Waals surface area contributed by atoms with Crippen LogP contribution in [0.4, 0.5) is 11.5 Å². The molecule has 0 saturated carbocycles. The lowest BCUT2D eigenvalue weighted by Gasteiger charge is -2.07. The monoisotopic (exact) mass is 410 g/mol. The number of benzene rings is 1. The Bertz CT molecular complexity index is 1020. The lowest BCUT2D eigenvalue weighted by molar-refractivity contribution is 0.0992. The summed E-state index contributed by atoms with van der Waals surface area (Å²) in [5.74, 6) is -0.436. The van der Waals surface area contributed by atoms with Gasteiger partial charge < -0.3 is 15.1 Å². The summed E-state index contributed by atoms with van der Waals surface area (Å²) in [6, 6.07) is 14.6. The summed E-state index contributed by atoms with van der Waals surface area (Å²) in [5, 5.41) is 14.2. The summed E-state index contributed by atoms with van der Waals surface area (Å²) in [6.07, 6.45) is 1.44. The number of nitriles is 1. The molecule has 0 aliphatic rings. The van der Waals surface area contributed by atoms with E-state index in [4.69, 9.17) is 9.68 Å². The van der Waals surface area contributed by atoms with Crippen molar-refractivity contribution in [2.45, 2.75) is 0 Å². The Morgan fingerprint density at radius 3 is 2.65 bits per heavy atom. The highest BCUT2D eigenvalue weighted by Crippen LogP contribution is 2.17. The van der Waals surface area contributed by atoms with Gasteiger partial charge >= 0.3 is 0 Å². The van der Waals surface area contributed by atoms with Gasteiger partial charge in [-0.1, -0.05) is 6.07 Å². The van der Waals surface area contributed by atoms with Crippen LogP contribution in [-0.4, -0.2) is 16.8 Å². The second-order valence-corrected chi connectivity index (χ2v) is 5.92. The zero-order valence-corrected chi connectivity index (χ0v) is 14.8. The number of hydrogen-bond donors (Lipinski definition) is 2. The van der Waals surface area contributed by atoms with E-state index in [-0.39, 0.29) is 11.6 Å². The molecule has 0 saturated heterocycles. The molecule has 0 aliphatic carbocycles. The van der Waals surface area contributed by atoms with E-state index in [1.54, 1.807) is 30.3 Å². The molecule has 0 atom stereocenters. The molecule has 7 nitrogen and oxygen atoms in total. The Balaban J connectivity index is 1.73. The fourth-order valence-corrected chi connectivity index (χ4v) is 2.43. The second-order valence-electron chi connectivity index (χ2n) is 5.13. The van der Waals surface area contributed by atoms with Crippen LogP contribution in [0.25, 0.3) is 0 Å². The number of nitrogens with one attached hydrogen (secondary N) is 2. The van der Waals surface area contributed by atoms with Gasteiger partial charge in [-0.3, -0.25) is 9.59 Å². The highest BCUT2D eigenvalue weighted by Gasteiger charge is 2.13. The molecular weight excluding hydrogens is 400 g/mol. The van der Waals surface area contributed by atoms with Crippen LogP contribution < -0.4 is 10.6 Å². The largest absolute Gasteiger partial charge is 0.444 e.